The molecule has 0 saturated heterocycles. The van der Waals surface area contributed by atoms with Crippen LogP contribution in [-0.4, -0.2) is 5.91 Å². The van der Waals surface area contributed by atoms with Crippen LogP contribution in [0.1, 0.15) is 22.3 Å². The Labute approximate surface area is 174 Å². The smallest absolute Gasteiger partial charge is 0.266 e. The molecule has 3 aromatic carbocycles. The third-order valence-corrected chi connectivity index (χ3v) is 4.72. The number of nitriles is 1. The van der Waals surface area contributed by atoms with Crippen molar-refractivity contribution in [3.63, 3.8) is 0 Å². The Kier molecular flexibility index (Phi) is 6.43. The van der Waals surface area contributed by atoms with Crippen molar-refractivity contribution < 1.29 is 9.18 Å². The van der Waals surface area contributed by atoms with Crippen molar-refractivity contribution in [1.29, 1.82) is 5.26 Å². The third kappa shape index (κ3) is 5.31. The number of hydrogen-bond donors (Lipinski definition) is 1. The number of rotatable bonds is 5. The predicted octanol–water partition coefficient (Wildman–Crippen LogP) is 5.92. The van der Waals surface area contributed by atoms with Crippen molar-refractivity contribution in [1.82, 2.24) is 0 Å². The average Bonchev–Trinajstić information content (AvgIpc) is 2.69. The van der Waals surface area contributed by atoms with Gasteiger partial charge in [-0.25, -0.2) is 4.39 Å². The fourth-order valence-electron chi connectivity index (χ4n) is 2.88. The molecule has 0 aliphatic rings. The van der Waals surface area contributed by atoms with Crippen LogP contribution in [0, 0.1) is 24.1 Å². The molecule has 5 heteroatoms. The Morgan fingerprint density at radius 1 is 1.10 bits per heavy atom. The number of benzene rings is 3. The number of carbonyl (C=O) groups is 1. The van der Waals surface area contributed by atoms with Gasteiger partial charge in [0.1, 0.15) is 17.5 Å². The van der Waals surface area contributed by atoms with E-state index in [1.807, 2.05) is 31.2 Å². The maximum atomic E-state index is 13.9. The fraction of sp³-hybridized carbons (Fsp3) is 0.0833. The molecule has 3 rings (SSSR count). The molecule has 29 heavy (non-hydrogen) atoms. The highest BCUT2D eigenvalue weighted by atomic mass is 35.5. The number of hydrogen-bond acceptors (Lipinski definition) is 2. The van der Waals surface area contributed by atoms with Gasteiger partial charge in [-0.1, -0.05) is 54.1 Å². The lowest BCUT2D eigenvalue weighted by Crippen LogP contribution is -2.13. The van der Waals surface area contributed by atoms with E-state index in [0.717, 1.165) is 11.1 Å². The van der Waals surface area contributed by atoms with E-state index in [2.05, 4.69) is 5.32 Å². The first-order valence-electron chi connectivity index (χ1n) is 8.98. The molecule has 144 valence electrons. The first-order chi connectivity index (χ1) is 14.0. The minimum Gasteiger partial charge on any atom is -0.321 e. The molecule has 0 fully saturated rings. The zero-order valence-electron chi connectivity index (χ0n) is 15.7. The average molecular weight is 405 g/mol. The van der Waals surface area contributed by atoms with Gasteiger partial charge in [0.25, 0.3) is 5.91 Å². The van der Waals surface area contributed by atoms with Gasteiger partial charge in [0, 0.05) is 17.1 Å². The van der Waals surface area contributed by atoms with Crippen molar-refractivity contribution in [2.24, 2.45) is 0 Å². The molecule has 3 aromatic rings. The number of anilines is 1. The highest BCUT2D eigenvalue weighted by Gasteiger charge is 2.11. The number of amides is 1. The van der Waals surface area contributed by atoms with Gasteiger partial charge in [0.2, 0.25) is 0 Å². The largest absolute Gasteiger partial charge is 0.321 e. The Morgan fingerprint density at radius 3 is 2.59 bits per heavy atom. The molecule has 0 spiro atoms. The quantitative estimate of drug-likeness (QED) is 0.423. The van der Waals surface area contributed by atoms with E-state index in [1.165, 1.54) is 12.1 Å². The Morgan fingerprint density at radius 2 is 1.90 bits per heavy atom. The summed E-state index contributed by atoms with van der Waals surface area (Å²) in [5, 5.41) is 12.5. The Balaban J connectivity index is 1.79. The number of aryl methyl sites for hydroxylation is 1. The minimum absolute atomic E-state index is 0.0376. The summed E-state index contributed by atoms with van der Waals surface area (Å²) in [6.45, 7) is 1.92. The van der Waals surface area contributed by atoms with E-state index >= 15 is 0 Å². The number of carbonyl (C=O) groups excluding carboxylic acids is 1. The first kappa shape index (κ1) is 20.3. The van der Waals surface area contributed by atoms with E-state index in [-0.39, 0.29) is 11.4 Å². The van der Waals surface area contributed by atoms with Crippen molar-refractivity contribution in [2.45, 2.75) is 13.3 Å². The molecule has 0 atom stereocenters. The van der Waals surface area contributed by atoms with Crippen molar-refractivity contribution in [3.8, 4) is 6.07 Å². The predicted molar refractivity (Wildman–Crippen MR) is 114 cm³/mol. The molecule has 1 amide bonds. The monoisotopic (exact) mass is 404 g/mol. The van der Waals surface area contributed by atoms with Crippen LogP contribution in [0.5, 0.6) is 0 Å². The standard InChI is InChI=1S/C24H18ClFN2O/c1-16-5-4-7-21(11-16)28-24(29)20(15-27)12-17-9-10-18(22(25)13-17)14-19-6-2-3-8-23(19)26/h2-13H,14H2,1H3,(H,28,29)/b20-12+. The van der Waals surface area contributed by atoms with Gasteiger partial charge in [-0.2, -0.15) is 5.26 Å². The van der Waals surface area contributed by atoms with Crippen LogP contribution in [0.25, 0.3) is 6.08 Å². The maximum absolute atomic E-state index is 13.9. The highest BCUT2D eigenvalue weighted by molar-refractivity contribution is 6.31. The maximum Gasteiger partial charge on any atom is 0.266 e. The molecule has 3 nitrogen and oxygen atoms in total. The van der Waals surface area contributed by atoms with Crippen molar-refractivity contribution in [3.05, 3.63) is 105 Å². The first-order valence-corrected chi connectivity index (χ1v) is 9.35. The zero-order valence-corrected chi connectivity index (χ0v) is 16.5. The zero-order chi connectivity index (χ0) is 20.8. The highest BCUT2D eigenvalue weighted by Crippen LogP contribution is 2.23. The second kappa shape index (κ2) is 9.18. The van der Waals surface area contributed by atoms with Crippen LogP contribution in [0.4, 0.5) is 10.1 Å². The van der Waals surface area contributed by atoms with Gasteiger partial charge in [0.15, 0.2) is 0 Å². The normalized spacial score (nSPS) is 11.0. The number of nitrogens with zero attached hydrogens (tertiary/aromatic N) is 1. The molecule has 0 bridgehead atoms. The molecule has 0 aromatic heterocycles. The third-order valence-electron chi connectivity index (χ3n) is 4.37. The topological polar surface area (TPSA) is 52.9 Å². The van der Waals surface area contributed by atoms with Crippen molar-refractivity contribution in [2.75, 3.05) is 5.32 Å². The molecule has 0 aliphatic carbocycles. The van der Waals surface area contributed by atoms with Gasteiger partial charge >= 0.3 is 0 Å². The molecule has 0 saturated carbocycles. The lowest BCUT2D eigenvalue weighted by atomic mass is 10.0. The summed E-state index contributed by atoms with van der Waals surface area (Å²) in [6.07, 6.45) is 1.83. The summed E-state index contributed by atoms with van der Waals surface area (Å²) < 4.78 is 13.9. The van der Waals surface area contributed by atoms with E-state index in [1.54, 1.807) is 42.5 Å². The Bertz CT molecular complexity index is 1130. The lowest BCUT2D eigenvalue weighted by Gasteiger charge is -2.08. The van der Waals surface area contributed by atoms with Crippen LogP contribution >= 0.6 is 11.6 Å². The molecule has 0 aliphatic heterocycles. The van der Waals surface area contributed by atoms with Gasteiger partial charge < -0.3 is 5.32 Å². The number of halogens is 2. The SMILES string of the molecule is Cc1cccc(NC(=O)/C(C#N)=C/c2ccc(Cc3ccccc3F)c(Cl)c2)c1. The molecule has 0 unspecified atom stereocenters. The Hall–Kier alpha value is -3.42. The molecular formula is C24H18ClFN2O. The minimum atomic E-state index is -0.496. The summed E-state index contributed by atoms with van der Waals surface area (Å²) in [4.78, 5) is 12.4. The lowest BCUT2D eigenvalue weighted by molar-refractivity contribution is -0.112. The summed E-state index contributed by atoms with van der Waals surface area (Å²) in [6, 6.07) is 21.0. The summed E-state index contributed by atoms with van der Waals surface area (Å²) in [7, 11) is 0. The van der Waals surface area contributed by atoms with Gasteiger partial charge in [-0.3, -0.25) is 4.79 Å². The summed E-state index contributed by atoms with van der Waals surface area (Å²) >= 11 is 6.35. The van der Waals surface area contributed by atoms with E-state index in [0.29, 0.717) is 28.3 Å². The van der Waals surface area contributed by atoms with Crippen molar-refractivity contribution >= 4 is 29.3 Å². The van der Waals surface area contributed by atoms with Gasteiger partial charge in [0.05, 0.1) is 0 Å². The van der Waals surface area contributed by atoms with Crippen LogP contribution < -0.4 is 5.32 Å². The fourth-order valence-corrected chi connectivity index (χ4v) is 3.14. The van der Waals surface area contributed by atoms with Crippen LogP contribution in [-0.2, 0) is 11.2 Å². The molecular weight excluding hydrogens is 387 g/mol. The summed E-state index contributed by atoms with van der Waals surface area (Å²) in [5.41, 5.74) is 3.51. The van der Waals surface area contributed by atoms with E-state index in [9.17, 15) is 14.4 Å². The molecule has 0 heterocycles. The summed E-state index contributed by atoms with van der Waals surface area (Å²) in [5.74, 6) is -0.781. The second-order valence-electron chi connectivity index (χ2n) is 6.61. The molecule has 0 radical (unpaired) electrons. The van der Waals surface area contributed by atoms with Crippen LogP contribution in [0.15, 0.2) is 72.3 Å². The van der Waals surface area contributed by atoms with E-state index in [4.69, 9.17) is 11.6 Å². The van der Waals surface area contributed by atoms with Crippen LogP contribution in [0.2, 0.25) is 5.02 Å². The van der Waals surface area contributed by atoms with Gasteiger partial charge in [-0.05, 0) is 59.5 Å². The van der Waals surface area contributed by atoms with E-state index < -0.39 is 5.91 Å². The van der Waals surface area contributed by atoms with Crippen LogP contribution in [0.3, 0.4) is 0 Å². The van der Waals surface area contributed by atoms with Gasteiger partial charge in [-0.15, -0.1) is 0 Å². The molecule has 1 N–H and O–H groups in total. The number of nitrogens with one attached hydrogen (secondary N) is 1. The second-order valence-corrected chi connectivity index (χ2v) is 7.02.